The van der Waals surface area contributed by atoms with Crippen LogP contribution in [0.5, 0.6) is 5.75 Å². The minimum atomic E-state index is -0.184. The van der Waals surface area contributed by atoms with Crippen molar-refractivity contribution in [1.82, 2.24) is 9.88 Å². The number of carbonyl (C=O) groups excluding carboxylic acids is 1. The molecule has 0 aliphatic carbocycles. The van der Waals surface area contributed by atoms with Gasteiger partial charge in [-0.1, -0.05) is 0 Å². The van der Waals surface area contributed by atoms with Gasteiger partial charge in [-0.15, -0.1) is 0 Å². The molecule has 5 heteroatoms. The zero-order chi connectivity index (χ0) is 12.5. The molecule has 0 radical (unpaired) electrons. The molecule has 0 unspecified atom stereocenters. The topological polar surface area (TPSA) is 53.4 Å². The van der Waals surface area contributed by atoms with Crippen LogP contribution in [0.15, 0.2) is 18.3 Å². The van der Waals surface area contributed by atoms with Gasteiger partial charge in [0.25, 0.3) is 5.91 Å². The number of rotatable bonds is 1. The molecular formula is C12H16N2O2S. The van der Waals surface area contributed by atoms with E-state index >= 15 is 0 Å². The van der Waals surface area contributed by atoms with E-state index in [9.17, 15) is 9.90 Å². The van der Waals surface area contributed by atoms with Gasteiger partial charge in [-0.05, 0) is 26.0 Å². The van der Waals surface area contributed by atoms with Crippen molar-refractivity contribution in [3.05, 3.63) is 24.0 Å². The third kappa shape index (κ3) is 2.72. The molecule has 2 rings (SSSR count). The average Bonchev–Trinajstić information content (AvgIpc) is 2.27. The Hall–Kier alpha value is -1.23. The maximum Gasteiger partial charge on any atom is 0.276 e. The van der Waals surface area contributed by atoms with E-state index in [1.54, 1.807) is 11.0 Å². The van der Waals surface area contributed by atoms with Crippen LogP contribution in [0.1, 0.15) is 24.3 Å². The van der Waals surface area contributed by atoms with E-state index in [-0.39, 0.29) is 22.1 Å². The molecule has 4 nitrogen and oxygen atoms in total. The first-order chi connectivity index (χ1) is 7.99. The SMILES string of the molecule is CC1(C)CN(C(=O)c2ncccc2O)CCS1. The van der Waals surface area contributed by atoms with Gasteiger partial charge < -0.3 is 10.0 Å². The molecule has 1 saturated heterocycles. The quantitative estimate of drug-likeness (QED) is 0.827. The molecule has 2 heterocycles. The fourth-order valence-electron chi connectivity index (χ4n) is 1.90. The third-order valence-electron chi connectivity index (χ3n) is 2.70. The Labute approximate surface area is 105 Å². The Morgan fingerprint density at radius 3 is 3.00 bits per heavy atom. The highest BCUT2D eigenvalue weighted by Crippen LogP contribution is 2.30. The number of hydrogen-bond acceptors (Lipinski definition) is 4. The molecule has 0 saturated carbocycles. The highest BCUT2D eigenvalue weighted by molar-refractivity contribution is 8.00. The summed E-state index contributed by atoms with van der Waals surface area (Å²) >= 11 is 1.86. The summed E-state index contributed by atoms with van der Waals surface area (Å²) in [6.45, 7) is 5.64. The predicted octanol–water partition coefficient (Wildman–Crippen LogP) is 1.75. The highest BCUT2D eigenvalue weighted by atomic mass is 32.2. The van der Waals surface area contributed by atoms with Gasteiger partial charge in [0, 0.05) is 29.8 Å². The van der Waals surface area contributed by atoms with Crippen LogP contribution >= 0.6 is 11.8 Å². The third-order valence-corrected chi connectivity index (χ3v) is 4.00. The lowest BCUT2D eigenvalue weighted by molar-refractivity contribution is 0.0739. The van der Waals surface area contributed by atoms with E-state index in [2.05, 4.69) is 18.8 Å². The number of amides is 1. The van der Waals surface area contributed by atoms with Crippen molar-refractivity contribution in [1.29, 1.82) is 0 Å². The average molecular weight is 252 g/mol. The number of nitrogens with zero attached hydrogens (tertiary/aromatic N) is 2. The summed E-state index contributed by atoms with van der Waals surface area (Å²) in [6, 6.07) is 3.10. The molecule has 1 N–H and O–H groups in total. The van der Waals surface area contributed by atoms with E-state index in [0.717, 1.165) is 5.75 Å². The molecular weight excluding hydrogens is 236 g/mol. The van der Waals surface area contributed by atoms with Crippen LogP contribution < -0.4 is 0 Å². The Balaban J connectivity index is 2.18. The van der Waals surface area contributed by atoms with Gasteiger partial charge in [-0.2, -0.15) is 11.8 Å². The van der Waals surface area contributed by atoms with Gasteiger partial charge in [0.15, 0.2) is 5.69 Å². The molecule has 1 aromatic heterocycles. The highest BCUT2D eigenvalue weighted by Gasteiger charge is 2.31. The van der Waals surface area contributed by atoms with Crippen LogP contribution in [0.2, 0.25) is 0 Å². The summed E-state index contributed by atoms with van der Waals surface area (Å²) in [6.07, 6.45) is 1.52. The van der Waals surface area contributed by atoms with Crippen LogP contribution in [-0.4, -0.2) is 44.5 Å². The maximum absolute atomic E-state index is 12.2. The molecule has 1 aliphatic heterocycles. The number of aromatic hydroxyl groups is 1. The molecule has 0 spiro atoms. The summed E-state index contributed by atoms with van der Waals surface area (Å²) in [5.74, 6) is 0.691. The monoisotopic (exact) mass is 252 g/mol. The van der Waals surface area contributed by atoms with Gasteiger partial charge in [0.05, 0.1) is 0 Å². The van der Waals surface area contributed by atoms with Crippen molar-refractivity contribution >= 4 is 17.7 Å². The van der Waals surface area contributed by atoms with Gasteiger partial charge >= 0.3 is 0 Å². The second kappa shape index (κ2) is 4.56. The standard InChI is InChI=1S/C12H16N2O2S/c1-12(2)8-14(6-7-17-12)11(16)10-9(15)4-3-5-13-10/h3-5,15H,6-8H2,1-2H3. The summed E-state index contributed by atoms with van der Waals surface area (Å²) in [7, 11) is 0. The summed E-state index contributed by atoms with van der Waals surface area (Å²) in [5.41, 5.74) is 0.148. The minimum Gasteiger partial charge on any atom is -0.505 e. The van der Waals surface area contributed by atoms with Crippen molar-refractivity contribution in [3.8, 4) is 5.75 Å². The molecule has 17 heavy (non-hydrogen) atoms. The van der Waals surface area contributed by atoms with Crippen molar-refractivity contribution in [3.63, 3.8) is 0 Å². The molecule has 1 fully saturated rings. The maximum atomic E-state index is 12.2. The Morgan fingerprint density at radius 2 is 2.35 bits per heavy atom. The number of carbonyl (C=O) groups is 1. The van der Waals surface area contributed by atoms with Gasteiger partial charge in [-0.25, -0.2) is 4.98 Å². The van der Waals surface area contributed by atoms with E-state index in [4.69, 9.17) is 0 Å². The molecule has 92 valence electrons. The first-order valence-corrected chi connectivity index (χ1v) is 6.55. The molecule has 1 aromatic rings. The summed E-state index contributed by atoms with van der Waals surface area (Å²) < 4.78 is 0.0678. The fourth-order valence-corrected chi connectivity index (χ4v) is 3.01. The zero-order valence-electron chi connectivity index (χ0n) is 10.0. The lowest BCUT2D eigenvalue weighted by Crippen LogP contribution is -2.46. The van der Waals surface area contributed by atoms with Crippen molar-refractivity contribution in [2.75, 3.05) is 18.8 Å². The van der Waals surface area contributed by atoms with Crippen molar-refractivity contribution < 1.29 is 9.90 Å². The van der Waals surface area contributed by atoms with Gasteiger partial charge in [0.1, 0.15) is 5.75 Å². The Kier molecular flexibility index (Phi) is 3.28. The first-order valence-electron chi connectivity index (χ1n) is 5.57. The zero-order valence-corrected chi connectivity index (χ0v) is 10.8. The lowest BCUT2D eigenvalue weighted by Gasteiger charge is -2.37. The Morgan fingerprint density at radius 1 is 1.59 bits per heavy atom. The smallest absolute Gasteiger partial charge is 0.276 e. The Bertz CT molecular complexity index is 434. The van der Waals surface area contributed by atoms with Gasteiger partial charge in [-0.3, -0.25) is 4.79 Å². The number of pyridine rings is 1. The van der Waals surface area contributed by atoms with Crippen molar-refractivity contribution in [2.45, 2.75) is 18.6 Å². The van der Waals surface area contributed by atoms with E-state index in [0.29, 0.717) is 13.1 Å². The van der Waals surface area contributed by atoms with E-state index in [1.165, 1.54) is 12.3 Å². The molecule has 0 aromatic carbocycles. The van der Waals surface area contributed by atoms with Crippen LogP contribution in [0, 0.1) is 0 Å². The first kappa shape index (κ1) is 12.2. The number of aromatic nitrogens is 1. The van der Waals surface area contributed by atoms with Crippen LogP contribution in [0.25, 0.3) is 0 Å². The predicted molar refractivity (Wildman–Crippen MR) is 68.3 cm³/mol. The van der Waals surface area contributed by atoms with Crippen LogP contribution in [0.4, 0.5) is 0 Å². The van der Waals surface area contributed by atoms with Gasteiger partial charge in [0.2, 0.25) is 0 Å². The lowest BCUT2D eigenvalue weighted by atomic mass is 10.1. The molecule has 1 aliphatic rings. The van der Waals surface area contributed by atoms with Crippen molar-refractivity contribution in [2.24, 2.45) is 0 Å². The number of thioether (sulfide) groups is 1. The van der Waals surface area contributed by atoms with Crippen LogP contribution in [0.3, 0.4) is 0 Å². The largest absolute Gasteiger partial charge is 0.505 e. The second-order valence-corrected chi connectivity index (χ2v) is 6.51. The fraction of sp³-hybridized carbons (Fsp3) is 0.500. The van der Waals surface area contributed by atoms with E-state index in [1.807, 2.05) is 11.8 Å². The summed E-state index contributed by atoms with van der Waals surface area (Å²) in [4.78, 5) is 17.9. The second-order valence-electron chi connectivity index (χ2n) is 4.71. The number of hydrogen-bond donors (Lipinski definition) is 1. The normalized spacial score (nSPS) is 19.1. The molecule has 0 bridgehead atoms. The van der Waals surface area contributed by atoms with E-state index < -0.39 is 0 Å². The molecule has 0 atom stereocenters. The minimum absolute atomic E-state index is 0.0477. The summed E-state index contributed by atoms with van der Waals surface area (Å²) in [5, 5.41) is 9.63. The molecule has 1 amide bonds. The van der Waals surface area contributed by atoms with Crippen LogP contribution in [-0.2, 0) is 0 Å².